The summed E-state index contributed by atoms with van der Waals surface area (Å²) in [5.41, 5.74) is 2.12. The quantitative estimate of drug-likeness (QED) is 0.589. The maximum Gasteiger partial charge on any atom is 0.257 e. The van der Waals surface area contributed by atoms with E-state index in [0.717, 1.165) is 16.6 Å². The molecule has 1 aliphatic rings. The maximum absolute atomic E-state index is 13.1. The Balaban J connectivity index is 0.00000256. The van der Waals surface area contributed by atoms with Crippen LogP contribution in [0.15, 0.2) is 42.7 Å². The van der Waals surface area contributed by atoms with E-state index in [9.17, 15) is 13.2 Å². The normalized spacial score (nSPS) is 15.6. The fourth-order valence-corrected chi connectivity index (χ4v) is 5.00. The molecule has 160 valence electrons. The Hall–Kier alpha value is -2.29. The number of fused-ring (bicyclic) bond motifs is 1. The third-order valence-electron chi connectivity index (χ3n) is 5.26. The molecule has 0 radical (unpaired) electrons. The number of benzene rings is 1. The number of sulfone groups is 1. The van der Waals surface area contributed by atoms with Crippen LogP contribution in [0.4, 0.5) is 11.5 Å². The number of aryl methyl sites for hydroxylation is 1. The summed E-state index contributed by atoms with van der Waals surface area (Å²) >= 11 is 6.13. The van der Waals surface area contributed by atoms with Crippen molar-refractivity contribution in [3.63, 3.8) is 0 Å². The molecule has 1 amide bonds. The first-order valence-corrected chi connectivity index (χ1v) is 11.4. The average molecular weight is 469 g/mol. The number of nitrogens with zero attached hydrogens (tertiary/aromatic N) is 4. The third-order valence-corrected chi connectivity index (χ3v) is 7.10. The minimum absolute atomic E-state index is 0. The topological polar surface area (TPSA) is 75.5 Å². The molecule has 0 aliphatic carbocycles. The molecule has 10 heteroatoms. The van der Waals surface area contributed by atoms with Gasteiger partial charge in [0.15, 0.2) is 9.84 Å². The summed E-state index contributed by atoms with van der Waals surface area (Å²) in [7, 11) is 0.723. The van der Waals surface area contributed by atoms with Gasteiger partial charge in [-0.2, -0.15) is 0 Å². The molecule has 1 aliphatic heterocycles. The Morgan fingerprint density at radius 3 is 2.57 bits per heavy atom. The first-order chi connectivity index (χ1) is 13.8. The van der Waals surface area contributed by atoms with Gasteiger partial charge >= 0.3 is 0 Å². The number of aromatic nitrogens is 2. The molecule has 2 aromatic heterocycles. The monoisotopic (exact) mass is 468 g/mol. The van der Waals surface area contributed by atoms with Crippen LogP contribution >= 0.6 is 24.0 Å². The molecule has 3 heterocycles. The molecule has 0 N–H and O–H groups in total. The van der Waals surface area contributed by atoms with E-state index in [-0.39, 0.29) is 42.9 Å². The van der Waals surface area contributed by atoms with E-state index >= 15 is 0 Å². The number of carbonyl (C=O) groups is 1. The number of halogens is 2. The summed E-state index contributed by atoms with van der Waals surface area (Å²) in [6.07, 6.45) is 3.46. The Kier molecular flexibility index (Phi) is 6.31. The highest BCUT2D eigenvalue weighted by Crippen LogP contribution is 2.32. The van der Waals surface area contributed by atoms with Gasteiger partial charge in [-0.05, 0) is 24.3 Å². The molecule has 4 rings (SSSR count). The zero-order valence-corrected chi connectivity index (χ0v) is 19.0. The van der Waals surface area contributed by atoms with Gasteiger partial charge in [0.2, 0.25) is 0 Å². The lowest BCUT2D eigenvalue weighted by Gasteiger charge is -2.27. The van der Waals surface area contributed by atoms with Crippen molar-refractivity contribution in [2.45, 2.75) is 0 Å². The SMILES string of the molecule is CN(c1cccc(Cl)c1)c1ncc(C(=O)N2CCS(=O)(=O)CC2)c2c1ccn2C.Cl. The van der Waals surface area contributed by atoms with E-state index in [0.29, 0.717) is 16.4 Å². The van der Waals surface area contributed by atoms with Gasteiger partial charge in [-0.3, -0.25) is 4.79 Å². The van der Waals surface area contributed by atoms with Crippen molar-refractivity contribution in [3.05, 3.63) is 53.3 Å². The summed E-state index contributed by atoms with van der Waals surface area (Å²) < 4.78 is 25.3. The molecule has 3 aromatic rings. The number of pyridine rings is 1. The van der Waals surface area contributed by atoms with E-state index in [4.69, 9.17) is 11.6 Å². The van der Waals surface area contributed by atoms with Crippen LogP contribution in [0.3, 0.4) is 0 Å². The van der Waals surface area contributed by atoms with Gasteiger partial charge in [-0.25, -0.2) is 13.4 Å². The summed E-state index contributed by atoms with van der Waals surface area (Å²) in [5.74, 6) is 0.507. The van der Waals surface area contributed by atoms with E-state index in [1.54, 1.807) is 11.1 Å². The lowest BCUT2D eigenvalue weighted by Crippen LogP contribution is -2.43. The van der Waals surface area contributed by atoms with Crippen LogP contribution in [0.5, 0.6) is 0 Å². The molecule has 7 nitrogen and oxygen atoms in total. The van der Waals surface area contributed by atoms with Crippen molar-refractivity contribution in [2.24, 2.45) is 7.05 Å². The molecule has 0 bridgehead atoms. The van der Waals surface area contributed by atoms with Gasteiger partial charge < -0.3 is 14.4 Å². The van der Waals surface area contributed by atoms with Gasteiger partial charge in [0.1, 0.15) is 5.82 Å². The highest BCUT2D eigenvalue weighted by Gasteiger charge is 2.28. The molecule has 0 unspecified atom stereocenters. The molecule has 0 spiro atoms. The van der Waals surface area contributed by atoms with Crippen LogP contribution in [-0.4, -0.2) is 60.4 Å². The van der Waals surface area contributed by atoms with Crippen molar-refractivity contribution < 1.29 is 13.2 Å². The van der Waals surface area contributed by atoms with Gasteiger partial charge in [0, 0.05) is 55.7 Å². The lowest BCUT2D eigenvalue weighted by molar-refractivity contribution is 0.0771. The van der Waals surface area contributed by atoms with Crippen molar-refractivity contribution in [1.82, 2.24) is 14.5 Å². The van der Waals surface area contributed by atoms with Gasteiger partial charge in [0.25, 0.3) is 5.91 Å². The van der Waals surface area contributed by atoms with Crippen molar-refractivity contribution >= 4 is 62.2 Å². The summed E-state index contributed by atoms with van der Waals surface area (Å²) in [6.45, 7) is 0.411. The second kappa shape index (κ2) is 8.45. The van der Waals surface area contributed by atoms with Crippen LogP contribution in [-0.2, 0) is 16.9 Å². The minimum Gasteiger partial charge on any atom is -0.350 e. The Morgan fingerprint density at radius 2 is 1.90 bits per heavy atom. The van der Waals surface area contributed by atoms with Crippen molar-refractivity contribution in [3.8, 4) is 0 Å². The van der Waals surface area contributed by atoms with Gasteiger partial charge in [0.05, 0.1) is 22.6 Å². The molecular weight excluding hydrogens is 447 g/mol. The lowest BCUT2D eigenvalue weighted by atomic mass is 10.1. The first-order valence-electron chi connectivity index (χ1n) is 9.20. The Labute approximate surface area is 186 Å². The molecule has 1 fully saturated rings. The molecule has 0 atom stereocenters. The zero-order chi connectivity index (χ0) is 20.8. The average Bonchev–Trinajstić information content (AvgIpc) is 3.08. The second-order valence-electron chi connectivity index (χ2n) is 7.17. The highest BCUT2D eigenvalue weighted by atomic mass is 35.5. The maximum atomic E-state index is 13.1. The first kappa shape index (κ1) is 22.4. The van der Waals surface area contributed by atoms with Crippen LogP contribution in [0, 0.1) is 0 Å². The van der Waals surface area contributed by atoms with Crippen LogP contribution in [0.25, 0.3) is 10.9 Å². The van der Waals surface area contributed by atoms with Crippen LogP contribution in [0.2, 0.25) is 5.02 Å². The van der Waals surface area contributed by atoms with E-state index in [1.165, 1.54) is 0 Å². The number of amides is 1. The minimum atomic E-state index is -3.06. The number of hydrogen-bond acceptors (Lipinski definition) is 5. The zero-order valence-electron chi connectivity index (χ0n) is 16.6. The van der Waals surface area contributed by atoms with E-state index in [2.05, 4.69) is 4.98 Å². The number of carbonyl (C=O) groups excluding carboxylic acids is 1. The smallest absolute Gasteiger partial charge is 0.257 e. The van der Waals surface area contributed by atoms with Crippen molar-refractivity contribution in [2.75, 3.05) is 36.5 Å². The molecule has 1 saturated heterocycles. The Bertz CT molecular complexity index is 1200. The van der Waals surface area contributed by atoms with Crippen molar-refractivity contribution in [1.29, 1.82) is 0 Å². The van der Waals surface area contributed by atoms with Crippen LogP contribution < -0.4 is 4.90 Å². The number of hydrogen-bond donors (Lipinski definition) is 0. The molecule has 1 aromatic carbocycles. The summed E-state index contributed by atoms with van der Waals surface area (Å²) in [6, 6.07) is 9.40. The van der Waals surface area contributed by atoms with E-state index < -0.39 is 9.84 Å². The van der Waals surface area contributed by atoms with Gasteiger partial charge in [-0.1, -0.05) is 17.7 Å². The predicted octanol–water partition coefficient (Wildman–Crippen LogP) is 3.29. The Morgan fingerprint density at radius 1 is 1.20 bits per heavy atom. The molecule has 0 saturated carbocycles. The molecule has 30 heavy (non-hydrogen) atoms. The largest absolute Gasteiger partial charge is 0.350 e. The standard InChI is InChI=1S/C20H21ClN4O3S.ClH/c1-23-7-6-16-18(23)17(20(26)25-8-10-29(27,28)11-9-25)13-22-19(16)24(2)15-5-3-4-14(21)12-15;/h3-7,12-13H,8-11H2,1-2H3;1H. The highest BCUT2D eigenvalue weighted by molar-refractivity contribution is 7.91. The number of rotatable bonds is 3. The second-order valence-corrected chi connectivity index (χ2v) is 9.91. The number of anilines is 2. The fraction of sp³-hybridized carbons (Fsp3) is 0.300. The van der Waals surface area contributed by atoms with Crippen LogP contribution in [0.1, 0.15) is 10.4 Å². The summed E-state index contributed by atoms with van der Waals surface area (Å²) in [4.78, 5) is 21.2. The van der Waals surface area contributed by atoms with E-state index in [1.807, 2.05) is 60.1 Å². The predicted molar refractivity (Wildman–Crippen MR) is 122 cm³/mol. The fourth-order valence-electron chi connectivity index (χ4n) is 3.62. The van der Waals surface area contributed by atoms with Gasteiger partial charge in [-0.15, -0.1) is 12.4 Å². The third kappa shape index (κ3) is 4.12. The summed E-state index contributed by atoms with van der Waals surface area (Å²) in [5, 5.41) is 1.47. The molecular formula is C20H22Cl2N4O3S.